The Kier molecular flexibility index (Phi) is 6.46. The molecule has 5 nitrogen and oxygen atoms in total. The summed E-state index contributed by atoms with van der Waals surface area (Å²) < 4.78 is 6.58. The molecule has 5 heteroatoms. The minimum Gasteiger partial charge on any atom is -0.455 e. The van der Waals surface area contributed by atoms with E-state index in [2.05, 4.69) is 113 Å². The molecule has 0 amide bonds. The van der Waals surface area contributed by atoms with Crippen molar-refractivity contribution in [2.45, 2.75) is 6.17 Å². The molecule has 210 valence electrons. The summed E-state index contributed by atoms with van der Waals surface area (Å²) in [6.45, 7) is 0. The highest BCUT2D eigenvalue weighted by Crippen LogP contribution is 2.39. The second-order valence-electron chi connectivity index (χ2n) is 10.7. The fourth-order valence-corrected chi connectivity index (χ4v) is 5.82. The van der Waals surface area contributed by atoms with Gasteiger partial charge in [-0.3, -0.25) is 0 Å². The highest BCUT2D eigenvalue weighted by Gasteiger charge is 2.24. The van der Waals surface area contributed by atoms with Crippen molar-refractivity contribution >= 4 is 50.7 Å². The molecule has 1 N–H and O–H groups in total. The van der Waals surface area contributed by atoms with Crippen LogP contribution in [-0.4, -0.2) is 11.7 Å². The topological polar surface area (TPSA) is 53.1 Å². The van der Waals surface area contributed by atoms with E-state index in [0.29, 0.717) is 5.84 Å². The minimum absolute atomic E-state index is 0.282. The van der Waals surface area contributed by atoms with Crippen molar-refractivity contribution in [1.82, 2.24) is 5.32 Å². The Hall–Kier alpha value is -5.94. The largest absolute Gasteiger partial charge is 0.455 e. The highest BCUT2D eigenvalue weighted by atomic mass is 16.3. The lowest BCUT2D eigenvalue weighted by molar-refractivity contribution is 0.663. The van der Waals surface area contributed by atoms with Gasteiger partial charge >= 0.3 is 0 Å². The standard InChI is InChI=1S/C39H28N4O/c1-5-14-27(15-6-1)37-40-38(28-16-7-2-8-17-28)42-39(41-37)33-23-13-22-32-34-26-31(24-25-35(34)44-36(32)33)43(29-18-9-3-10-19-29)30-20-11-4-12-21-30/h1-26,37H,(H,40,41,42). The van der Waals surface area contributed by atoms with Gasteiger partial charge in [0.25, 0.3) is 0 Å². The molecule has 1 aromatic heterocycles. The fourth-order valence-electron chi connectivity index (χ4n) is 5.82. The van der Waals surface area contributed by atoms with Gasteiger partial charge in [-0.1, -0.05) is 109 Å². The van der Waals surface area contributed by atoms with Crippen LogP contribution < -0.4 is 10.2 Å². The maximum absolute atomic E-state index is 6.58. The molecule has 1 aliphatic rings. The van der Waals surface area contributed by atoms with E-state index in [1.54, 1.807) is 0 Å². The molecule has 0 saturated carbocycles. The van der Waals surface area contributed by atoms with Crippen molar-refractivity contribution in [2.24, 2.45) is 9.98 Å². The quantitative estimate of drug-likeness (QED) is 0.217. The van der Waals surface area contributed by atoms with Crippen LogP contribution >= 0.6 is 0 Å². The number of hydrogen-bond donors (Lipinski definition) is 1. The molecule has 6 aromatic carbocycles. The number of rotatable bonds is 6. The minimum atomic E-state index is -0.282. The first-order chi connectivity index (χ1) is 21.8. The zero-order chi connectivity index (χ0) is 29.3. The number of amidine groups is 2. The van der Waals surface area contributed by atoms with Crippen LogP contribution in [0.2, 0.25) is 0 Å². The zero-order valence-corrected chi connectivity index (χ0v) is 23.8. The maximum Gasteiger partial charge on any atom is 0.163 e. The Bertz CT molecular complexity index is 2100. The van der Waals surface area contributed by atoms with Crippen molar-refractivity contribution in [1.29, 1.82) is 0 Å². The van der Waals surface area contributed by atoms with Crippen molar-refractivity contribution in [2.75, 3.05) is 4.90 Å². The first kappa shape index (κ1) is 25.7. The number of nitrogens with one attached hydrogen (secondary N) is 1. The molecular weight excluding hydrogens is 540 g/mol. The number of fused-ring (bicyclic) bond motifs is 3. The predicted octanol–water partition coefficient (Wildman–Crippen LogP) is 9.55. The molecule has 0 bridgehead atoms. The lowest BCUT2D eigenvalue weighted by Crippen LogP contribution is -2.33. The van der Waals surface area contributed by atoms with Gasteiger partial charge in [-0.25, -0.2) is 9.98 Å². The lowest BCUT2D eigenvalue weighted by atomic mass is 10.1. The molecule has 0 aliphatic carbocycles. The van der Waals surface area contributed by atoms with Crippen LogP contribution in [0.1, 0.15) is 22.9 Å². The summed E-state index contributed by atoms with van der Waals surface area (Å²) >= 11 is 0. The third-order valence-corrected chi connectivity index (χ3v) is 7.91. The Morgan fingerprint density at radius 1 is 0.568 bits per heavy atom. The van der Waals surface area contributed by atoms with Gasteiger partial charge in [0.05, 0.1) is 5.56 Å². The number of benzene rings is 6. The molecule has 0 saturated heterocycles. The van der Waals surface area contributed by atoms with E-state index in [1.807, 2.05) is 54.6 Å². The van der Waals surface area contributed by atoms with Gasteiger partial charge in [-0.2, -0.15) is 0 Å². The van der Waals surface area contributed by atoms with E-state index in [1.165, 1.54) is 0 Å². The van der Waals surface area contributed by atoms with Crippen molar-refractivity contribution in [3.63, 3.8) is 0 Å². The predicted molar refractivity (Wildman–Crippen MR) is 180 cm³/mol. The van der Waals surface area contributed by atoms with Crippen LogP contribution in [0, 0.1) is 0 Å². The summed E-state index contributed by atoms with van der Waals surface area (Å²) in [5.41, 5.74) is 7.75. The van der Waals surface area contributed by atoms with Gasteiger partial charge in [0.2, 0.25) is 0 Å². The first-order valence-corrected chi connectivity index (χ1v) is 14.7. The molecule has 0 radical (unpaired) electrons. The number of nitrogens with zero attached hydrogens (tertiary/aromatic N) is 3. The summed E-state index contributed by atoms with van der Waals surface area (Å²) in [7, 11) is 0. The van der Waals surface area contributed by atoms with E-state index in [9.17, 15) is 0 Å². The number of furan rings is 1. The molecule has 2 heterocycles. The molecule has 7 aromatic rings. The second kappa shape index (κ2) is 11.0. The fraction of sp³-hybridized carbons (Fsp3) is 0.0256. The molecule has 44 heavy (non-hydrogen) atoms. The molecule has 8 rings (SSSR count). The lowest BCUT2D eigenvalue weighted by Gasteiger charge is -2.25. The Balaban J connectivity index is 1.28. The SMILES string of the molecule is c1ccc(C2=NC(c3cccc4c3oc3ccc(N(c5ccccc5)c5ccccc5)cc34)=NC(c3ccccc3)N2)cc1. The normalized spacial score (nSPS) is 14.6. The van der Waals surface area contributed by atoms with Gasteiger partial charge in [-0.05, 0) is 54.1 Å². The first-order valence-electron chi connectivity index (χ1n) is 14.7. The maximum atomic E-state index is 6.58. The van der Waals surface area contributed by atoms with E-state index < -0.39 is 0 Å². The Morgan fingerprint density at radius 2 is 1.20 bits per heavy atom. The van der Waals surface area contributed by atoms with Gasteiger partial charge in [-0.15, -0.1) is 0 Å². The molecule has 1 atom stereocenters. The second-order valence-corrected chi connectivity index (χ2v) is 10.7. The van der Waals surface area contributed by atoms with Crippen molar-refractivity contribution < 1.29 is 4.42 Å². The van der Waals surface area contributed by atoms with E-state index in [-0.39, 0.29) is 6.17 Å². The van der Waals surface area contributed by atoms with Crippen LogP contribution in [0.5, 0.6) is 0 Å². The monoisotopic (exact) mass is 568 g/mol. The Morgan fingerprint density at radius 3 is 1.89 bits per heavy atom. The van der Waals surface area contributed by atoms with Crippen molar-refractivity contribution in [3.05, 3.63) is 174 Å². The van der Waals surface area contributed by atoms with Crippen LogP contribution in [0.3, 0.4) is 0 Å². The summed E-state index contributed by atoms with van der Waals surface area (Å²) in [5, 5.41) is 5.60. The number of anilines is 3. The van der Waals surface area contributed by atoms with Gasteiger partial charge < -0.3 is 14.6 Å². The summed E-state index contributed by atoms with van der Waals surface area (Å²) in [6.07, 6.45) is -0.282. The van der Waals surface area contributed by atoms with Crippen LogP contribution in [0.15, 0.2) is 172 Å². The number of para-hydroxylation sites is 3. The molecule has 1 unspecified atom stereocenters. The third kappa shape index (κ3) is 4.71. The highest BCUT2D eigenvalue weighted by molar-refractivity contribution is 6.19. The molecule has 0 fully saturated rings. The average Bonchev–Trinajstić information content (AvgIpc) is 3.48. The van der Waals surface area contributed by atoms with Crippen LogP contribution in [0.4, 0.5) is 17.1 Å². The van der Waals surface area contributed by atoms with E-state index in [0.717, 1.165) is 61.5 Å². The third-order valence-electron chi connectivity index (χ3n) is 7.91. The zero-order valence-electron chi connectivity index (χ0n) is 23.8. The van der Waals surface area contributed by atoms with Crippen LogP contribution in [0.25, 0.3) is 21.9 Å². The Labute approximate surface area is 255 Å². The molecule has 1 aliphatic heterocycles. The van der Waals surface area contributed by atoms with E-state index >= 15 is 0 Å². The molecule has 0 spiro atoms. The number of hydrogen-bond acceptors (Lipinski definition) is 5. The average molecular weight is 569 g/mol. The molecular formula is C39H28N4O. The summed E-state index contributed by atoms with van der Waals surface area (Å²) in [6, 6.07) is 53.9. The van der Waals surface area contributed by atoms with E-state index in [4.69, 9.17) is 14.4 Å². The van der Waals surface area contributed by atoms with Gasteiger partial charge in [0, 0.05) is 33.4 Å². The van der Waals surface area contributed by atoms with Gasteiger partial charge in [0.15, 0.2) is 5.84 Å². The number of aliphatic imine (C=N–C) groups is 2. The summed E-state index contributed by atoms with van der Waals surface area (Å²) in [4.78, 5) is 12.4. The smallest absolute Gasteiger partial charge is 0.163 e. The van der Waals surface area contributed by atoms with Crippen LogP contribution in [-0.2, 0) is 0 Å². The van der Waals surface area contributed by atoms with Crippen molar-refractivity contribution in [3.8, 4) is 0 Å². The summed E-state index contributed by atoms with van der Waals surface area (Å²) in [5.74, 6) is 1.41. The van der Waals surface area contributed by atoms with Gasteiger partial charge in [0.1, 0.15) is 23.2 Å².